The molecule has 0 bridgehead atoms. The lowest BCUT2D eigenvalue weighted by Gasteiger charge is -2.23. The van der Waals surface area contributed by atoms with Gasteiger partial charge in [-0.05, 0) is 45.2 Å². The molecule has 5 nitrogen and oxygen atoms in total. The first-order valence-electron chi connectivity index (χ1n) is 7.81. The second-order valence-corrected chi connectivity index (χ2v) is 6.65. The van der Waals surface area contributed by atoms with Crippen molar-refractivity contribution in [2.24, 2.45) is 0 Å². The number of ether oxygens (including phenoxy) is 2. The predicted molar refractivity (Wildman–Crippen MR) is 93.3 cm³/mol. The number of hydrogen-bond acceptors (Lipinski definition) is 4. The van der Waals surface area contributed by atoms with Gasteiger partial charge in [0.2, 0.25) is 0 Å². The summed E-state index contributed by atoms with van der Waals surface area (Å²) in [7, 11) is 1.58. The van der Waals surface area contributed by atoms with Crippen LogP contribution in [0.5, 0.6) is 5.75 Å². The highest BCUT2D eigenvalue weighted by molar-refractivity contribution is 6.07. The average Bonchev–Trinajstić information content (AvgIpc) is 2.52. The van der Waals surface area contributed by atoms with Crippen LogP contribution in [0, 0.1) is 0 Å². The summed E-state index contributed by atoms with van der Waals surface area (Å²) in [6.45, 7) is 7.17. The third-order valence-electron chi connectivity index (χ3n) is 3.48. The maximum absolute atomic E-state index is 12.5. The van der Waals surface area contributed by atoms with Crippen LogP contribution in [-0.4, -0.2) is 30.6 Å². The van der Waals surface area contributed by atoms with Gasteiger partial charge in [-0.25, -0.2) is 4.79 Å². The summed E-state index contributed by atoms with van der Waals surface area (Å²) >= 11 is 0. The van der Waals surface area contributed by atoms with E-state index in [2.05, 4.69) is 5.32 Å². The minimum absolute atomic E-state index is 0.325. The van der Waals surface area contributed by atoms with E-state index in [-0.39, 0.29) is 11.4 Å². The van der Waals surface area contributed by atoms with Gasteiger partial charge < -0.3 is 14.8 Å². The number of amides is 1. The van der Waals surface area contributed by atoms with Gasteiger partial charge in [0.15, 0.2) is 6.10 Å². The molecule has 1 N–H and O–H groups in total. The van der Waals surface area contributed by atoms with Crippen molar-refractivity contribution in [2.45, 2.75) is 39.3 Å². The molecule has 1 atom stereocenters. The van der Waals surface area contributed by atoms with Crippen molar-refractivity contribution >= 4 is 22.6 Å². The highest BCUT2D eigenvalue weighted by Gasteiger charge is 2.24. The van der Waals surface area contributed by atoms with Gasteiger partial charge in [0.05, 0.1) is 12.7 Å². The number of esters is 1. The lowest BCUT2D eigenvalue weighted by Crippen LogP contribution is -2.46. The number of hydrogen-bond donors (Lipinski definition) is 1. The Kier molecular flexibility index (Phi) is 5.12. The van der Waals surface area contributed by atoms with Crippen molar-refractivity contribution in [2.75, 3.05) is 7.11 Å². The van der Waals surface area contributed by atoms with Crippen LogP contribution in [0.3, 0.4) is 0 Å². The third-order valence-corrected chi connectivity index (χ3v) is 3.48. The van der Waals surface area contributed by atoms with Crippen LogP contribution in [0.2, 0.25) is 0 Å². The van der Waals surface area contributed by atoms with Crippen LogP contribution in [-0.2, 0) is 9.53 Å². The summed E-state index contributed by atoms with van der Waals surface area (Å²) in [5.41, 5.74) is 0.0201. The van der Waals surface area contributed by atoms with E-state index in [1.165, 1.54) is 0 Å². The normalized spacial score (nSPS) is 12.5. The summed E-state index contributed by atoms with van der Waals surface area (Å²) in [5.74, 6) is -0.181. The highest BCUT2D eigenvalue weighted by atomic mass is 16.5. The van der Waals surface area contributed by atoms with Crippen molar-refractivity contribution in [3.05, 3.63) is 42.0 Å². The third kappa shape index (κ3) is 4.04. The van der Waals surface area contributed by atoms with Crippen LogP contribution in [0.1, 0.15) is 38.1 Å². The molecule has 128 valence electrons. The molecule has 0 aliphatic rings. The molecular formula is C19H23NO4. The van der Waals surface area contributed by atoms with Crippen molar-refractivity contribution in [1.29, 1.82) is 0 Å². The number of fused-ring (bicyclic) bond motifs is 1. The largest absolute Gasteiger partial charge is 0.496 e. The molecule has 0 heterocycles. The zero-order valence-corrected chi connectivity index (χ0v) is 14.7. The number of carbonyl (C=O) groups is 2. The Bertz CT molecular complexity index is 762. The molecule has 1 amide bonds. The average molecular weight is 329 g/mol. The molecule has 0 aliphatic heterocycles. The van der Waals surface area contributed by atoms with Crippen LogP contribution >= 0.6 is 0 Å². The minimum atomic E-state index is -0.877. The van der Waals surface area contributed by atoms with E-state index < -0.39 is 12.1 Å². The van der Waals surface area contributed by atoms with Crippen LogP contribution < -0.4 is 10.1 Å². The summed E-state index contributed by atoms with van der Waals surface area (Å²) in [6.07, 6.45) is -0.877. The second-order valence-electron chi connectivity index (χ2n) is 6.65. The maximum atomic E-state index is 12.5. The molecule has 0 saturated carbocycles. The maximum Gasteiger partial charge on any atom is 0.339 e. The van der Waals surface area contributed by atoms with Gasteiger partial charge in [-0.3, -0.25) is 4.79 Å². The Morgan fingerprint density at radius 3 is 2.25 bits per heavy atom. The first-order chi connectivity index (χ1) is 11.2. The summed E-state index contributed by atoms with van der Waals surface area (Å²) in [6, 6.07) is 10.8. The van der Waals surface area contributed by atoms with Crippen molar-refractivity contribution in [3.8, 4) is 5.75 Å². The molecule has 0 spiro atoms. The Hall–Kier alpha value is -2.56. The number of methoxy groups -OCH3 is 1. The SMILES string of the molecule is COc1ccc(C(=O)O[C@H](C)C(=O)NC(C)(C)C)c2ccccc12. The fraction of sp³-hybridized carbons (Fsp3) is 0.368. The molecular weight excluding hydrogens is 306 g/mol. The standard InChI is InChI=1S/C19H23NO4/c1-12(17(21)20-19(2,3)4)24-18(22)15-10-11-16(23-5)14-9-7-6-8-13(14)15/h6-12H,1-5H3,(H,20,21)/t12-/m1/s1. The van der Waals surface area contributed by atoms with Gasteiger partial charge >= 0.3 is 5.97 Å². The van der Waals surface area contributed by atoms with Gasteiger partial charge in [0, 0.05) is 10.9 Å². The van der Waals surface area contributed by atoms with E-state index >= 15 is 0 Å². The van der Waals surface area contributed by atoms with Crippen LogP contribution in [0.15, 0.2) is 36.4 Å². The van der Waals surface area contributed by atoms with Gasteiger partial charge in [-0.1, -0.05) is 24.3 Å². The number of carbonyl (C=O) groups excluding carboxylic acids is 2. The van der Waals surface area contributed by atoms with Crippen LogP contribution in [0.25, 0.3) is 10.8 Å². The molecule has 0 radical (unpaired) electrons. The van der Waals surface area contributed by atoms with Crippen LogP contribution in [0.4, 0.5) is 0 Å². The van der Waals surface area contributed by atoms with Crippen molar-refractivity contribution < 1.29 is 19.1 Å². The molecule has 2 aromatic rings. The zero-order valence-electron chi connectivity index (χ0n) is 14.7. The zero-order chi connectivity index (χ0) is 17.9. The Labute approximate surface area is 141 Å². The highest BCUT2D eigenvalue weighted by Crippen LogP contribution is 2.28. The summed E-state index contributed by atoms with van der Waals surface area (Å²) < 4.78 is 10.7. The summed E-state index contributed by atoms with van der Waals surface area (Å²) in [5, 5.41) is 4.34. The number of benzene rings is 2. The second kappa shape index (κ2) is 6.91. The quantitative estimate of drug-likeness (QED) is 0.874. The fourth-order valence-electron chi connectivity index (χ4n) is 2.38. The fourth-order valence-corrected chi connectivity index (χ4v) is 2.38. The lowest BCUT2D eigenvalue weighted by atomic mass is 10.0. The molecule has 2 rings (SSSR count). The van der Waals surface area contributed by atoms with E-state index in [0.717, 1.165) is 10.8 Å². The Morgan fingerprint density at radius 2 is 1.67 bits per heavy atom. The molecule has 0 saturated heterocycles. The lowest BCUT2D eigenvalue weighted by molar-refractivity contribution is -0.130. The van der Waals surface area contributed by atoms with Gasteiger partial charge in [-0.2, -0.15) is 0 Å². The van der Waals surface area contributed by atoms with Crippen molar-refractivity contribution in [1.82, 2.24) is 5.32 Å². The first-order valence-corrected chi connectivity index (χ1v) is 7.81. The van der Waals surface area contributed by atoms with Gasteiger partial charge in [0.1, 0.15) is 5.75 Å². The molecule has 0 aromatic heterocycles. The van der Waals surface area contributed by atoms with Crippen molar-refractivity contribution in [3.63, 3.8) is 0 Å². The smallest absolute Gasteiger partial charge is 0.339 e. The first kappa shape index (κ1) is 17.8. The molecule has 0 unspecified atom stereocenters. The van der Waals surface area contributed by atoms with E-state index in [4.69, 9.17) is 9.47 Å². The van der Waals surface area contributed by atoms with Gasteiger partial charge in [0.25, 0.3) is 5.91 Å². The summed E-state index contributed by atoms with van der Waals surface area (Å²) in [4.78, 5) is 24.6. The molecule has 0 aliphatic carbocycles. The minimum Gasteiger partial charge on any atom is -0.496 e. The number of nitrogens with one attached hydrogen (secondary N) is 1. The van der Waals surface area contributed by atoms with E-state index in [9.17, 15) is 9.59 Å². The molecule has 2 aromatic carbocycles. The van der Waals surface area contributed by atoms with E-state index in [1.807, 2.05) is 45.0 Å². The number of rotatable bonds is 4. The van der Waals surface area contributed by atoms with E-state index in [1.54, 1.807) is 26.2 Å². The topological polar surface area (TPSA) is 64.6 Å². The molecule has 5 heteroatoms. The van der Waals surface area contributed by atoms with Gasteiger partial charge in [-0.15, -0.1) is 0 Å². The predicted octanol–water partition coefficient (Wildman–Crippen LogP) is 3.31. The Balaban J connectivity index is 2.25. The monoisotopic (exact) mass is 329 g/mol. The van der Waals surface area contributed by atoms with E-state index in [0.29, 0.717) is 11.3 Å². The Morgan fingerprint density at radius 1 is 1.04 bits per heavy atom. The molecule has 0 fully saturated rings. The molecule has 24 heavy (non-hydrogen) atoms.